The fourth-order valence-corrected chi connectivity index (χ4v) is 1.85. The molecule has 0 unspecified atom stereocenters. The first kappa shape index (κ1) is 17.8. The highest BCUT2D eigenvalue weighted by Crippen LogP contribution is 2.31. The summed E-state index contributed by atoms with van der Waals surface area (Å²) >= 11 is 0. The fraction of sp³-hybridized carbons (Fsp3) is 0.188. The van der Waals surface area contributed by atoms with E-state index in [1.807, 2.05) is 0 Å². The van der Waals surface area contributed by atoms with Gasteiger partial charge in [-0.2, -0.15) is 26.3 Å². The van der Waals surface area contributed by atoms with Crippen LogP contribution in [0.2, 0.25) is 0 Å². The lowest BCUT2D eigenvalue weighted by atomic mass is 10.1. The maximum Gasteiger partial charge on any atom is 0.417 e. The van der Waals surface area contributed by atoms with Crippen molar-refractivity contribution in [3.63, 3.8) is 0 Å². The standard InChI is InChI=1S/C16H10F6NO/c17-15(18,19)13-6-3-4-11(8-13)10-24-23-9-12-5-1-2-7-14(12)16(20,21)22/h1-8H,10H2. The fourth-order valence-electron chi connectivity index (χ4n) is 1.85. The molecule has 0 aliphatic heterocycles. The minimum atomic E-state index is -4.57. The molecule has 0 aliphatic rings. The Labute approximate surface area is 133 Å². The van der Waals surface area contributed by atoms with Gasteiger partial charge in [0, 0.05) is 5.56 Å². The van der Waals surface area contributed by atoms with Gasteiger partial charge in [0.15, 0.2) is 0 Å². The molecule has 24 heavy (non-hydrogen) atoms. The monoisotopic (exact) mass is 346 g/mol. The van der Waals surface area contributed by atoms with Crippen molar-refractivity contribution in [3.8, 4) is 0 Å². The first-order valence-corrected chi connectivity index (χ1v) is 6.58. The number of hydrogen-bond acceptors (Lipinski definition) is 2. The molecule has 0 amide bonds. The minimum Gasteiger partial charge on any atom is -0.390 e. The van der Waals surface area contributed by atoms with Crippen molar-refractivity contribution in [2.24, 2.45) is 5.16 Å². The van der Waals surface area contributed by atoms with Crippen LogP contribution in [0.3, 0.4) is 0 Å². The first-order chi connectivity index (χ1) is 11.2. The first-order valence-electron chi connectivity index (χ1n) is 6.58. The van der Waals surface area contributed by atoms with Crippen LogP contribution in [-0.4, -0.2) is 6.21 Å². The molecule has 2 nitrogen and oxygen atoms in total. The molecule has 0 heterocycles. The molecule has 2 aromatic rings. The molecule has 8 heteroatoms. The summed E-state index contributed by atoms with van der Waals surface area (Å²) in [6.07, 6.45) is -6.96. The van der Waals surface area contributed by atoms with E-state index in [-0.39, 0.29) is 17.7 Å². The molecule has 0 spiro atoms. The Morgan fingerprint density at radius 1 is 0.875 bits per heavy atom. The molecule has 0 saturated carbocycles. The zero-order chi connectivity index (χ0) is 17.8. The highest BCUT2D eigenvalue weighted by Gasteiger charge is 2.32. The molecule has 0 N–H and O–H groups in total. The van der Waals surface area contributed by atoms with Crippen molar-refractivity contribution >= 4 is 6.21 Å². The second-order valence-electron chi connectivity index (χ2n) is 4.72. The van der Waals surface area contributed by atoms with Crippen LogP contribution < -0.4 is 0 Å². The highest BCUT2D eigenvalue weighted by atomic mass is 19.4. The van der Waals surface area contributed by atoms with E-state index in [0.717, 1.165) is 24.3 Å². The van der Waals surface area contributed by atoms with Gasteiger partial charge in [-0.25, -0.2) is 0 Å². The maximum atomic E-state index is 12.7. The van der Waals surface area contributed by atoms with Gasteiger partial charge in [0.2, 0.25) is 0 Å². The normalized spacial score (nSPS) is 12.6. The van der Waals surface area contributed by atoms with E-state index in [4.69, 9.17) is 4.84 Å². The van der Waals surface area contributed by atoms with Crippen LogP contribution in [-0.2, 0) is 23.8 Å². The van der Waals surface area contributed by atoms with Crippen LogP contribution in [0.25, 0.3) is 0 Å². The van der Waals surface area contributed by atoms with Crippen LogP contribution in [0.4, 0.5) is 26.3 Å². The van der Waals surface area contributed by atoms with Gasteiger partial charge in [0.05, 0.1) is 11.1 Å². The second kappa shape index (κ2) is 6.94. The number of hydrogen-bond donors (Lipinski definition) is 0. The van der Waals surface area contributed by atoms with Gasteiger partial charge in [0.1, 0.15) is 12.8 Å². The molecule has 127 valence electrons. The predicted octanol–water partition coefficient (Wildman–Crippen LogP) is 5.15. The van der Waals surface area contributed by atoms with E-state index < -0.39 is 23.5 Å². The Bertz CT molecular complexity index is 721. The molecular weight excluding hydrogens is 336 g/mol. The lowest BCUT2D eigenvalue weighted by Gasteiger charge is -2.09. The van der Waals surface area contributed by atoms with Gasteiger partial charge >= 0.3 is 12.4 Å². The second-order valence-corrected chi connectivity index (χ2v) is 4.72. The average molecular weight is 346 g/mol. The van der Waals surface area contributed by atoms with E-state index in [0.29, 0.717) is 0 Å². The van der Waals surface area contributed by atoms with Crippen LogP contribution in [0.1, 0.15) is 22.3 Å². The number of halogens is 6. The lowest BCUT2D eigenvalue weighted by Crippen LogP contribution is -2.08. The molecule has 2 rings (SSSR count). The van der Waals surface area contributed by atoms with Crippen LogP contribution >= 0.6 is 0 Å². The number of rotatable bonds is 4. The van der Waals surface area contributed by atoms with Crippen LogP contribution in [0.15, 0.2) is 53.7 Å². The molecule has 0 saturated heterocycles. The van der Waals surface area contributed by atoms with Gasteiger partial charge in [-0.05, 0) is 23.8 Å². The van der Waals surface area contributed by atoms with Gasteiger partial charge in [-0.15, -0.1) is 0 Å². The van der Waals surface area contributed by atoms with Gasteiger partial charge < -0.3 is 4.84 Å². The van der Waals surface area contributed by atoms with Crippen molar-refractivity contribution in [2.45, 2.75) is 19.0 Å². The van der Waals surface area contributed by atoms with Crippen molar-refractivity contribution in [2.75, 3.05) is 0 Å². The summed E-state index contributed by atoms with van der Waals surface area (Å²) < 4.78 is 75.9. The summed E-state index contributed by atoms with van der Waals surface area (Å²) in [5.74, 6) is 0. The zero-order valence-electron chi connectivity index (χ0n) is 11.9. The van der Waals surface area contributed by atoms with E-state index in [9.17, 15) is 26.3 Å². The van der Waals surface area contributed by atoms with Crippen molar-refractivity contribution < 1.29 is 31.2 Å². The molecule has 0 aliphatic carbocycles. The number of benzene rings is 2. The SMILES string of the molecule is FC(F)(F)c1cccc(CO/N=[C]\c2ccccc2C(F)(F)F)c1. The largest absolute Gasteiger partial charge is 0.417 e. The Kier molecular flexibility index (Phi) is 5.16. The smallest absolute Gasteiger partial charge is 0.390 e. The molecule has 0 aromatic heterocycles. The van der Waals surface area contributed by atoms with E-state index in [1.54, 1.807) is 0 Å². The molecule has 0 bridgehead atoms. The van der Waals surface area contributed by atoms with E-state index in [2.05, 4.69) is 11.4 Å². The van der Waals surface area contributed by atoms with E-state index >= 15 is 0 Å². The number of alkyl halides is 6. The predicted molar refractivity (Wildman–Crippen MR) is 74.2 cm³/mol. The van der Waals surface area contributed by atoms with Gasteiger partial charge in [-0.3, -0.25) is 0 Å². The summed E-state index contributed by atoms with van der Waals surface area (Å²) in [4.78, 5) is 4.74. The van der Waals surface area contributed by atoms with Gasteiger partial charge in [-0.1, -0.05) is 35.5 Å². The third-order valence-electron chi connectivity index (χ3n) is 2.95. The molecule has 0 fully saturated rings. The highest BCUT2D eigenvalue weighted by molar-refractivity contribution is 5.81. The van der Waals surface area contributed by atoms with E-state index in [1.165, 1.54) is 24.3 Å². The Hall–Kier alpha value is -2.51. The molecule has 1 radical (unpaired) electrons. The zero-order valence-corrected chi connectivity index (χ0v) is 11.9. The maximum absolute atomic E-state index is 12.7. The lowest BCUT2D eigenvalue weighted by molar-refractivity contribution is -0.138. The molecular formula is C16H10F6NO. The topological polar surface area (TPSA) is 21.6 Å². The van der Waals surface area contributed by atoms with Crippen LogP contribution in [0, 0.1) is 0 Å². The number of nitrogens with zero attached hydrogens (tertiary/aromatic N) is 1. The molecule has 0 atom stereocenters. The Balaban J connectivity index is 2.04. The summed E-state index contributed by atoms with van der Waals surface area (Å²) in [5.41, 5.74) is -1.93. The Morgan fingerprint density at radius 2 is 1.58 bits per heavy atom. The summed E-state index contributed by atoms with van der Waals surface area (Å²) in [6.45, 7) is -0.328. The third-order valence-corrected chi connectivity index (χ3v) is 2.95. The average Bonchev–Trinajstić information content (AvgIpc) is 2.50. The van der Waals surface area contributed by atoms with Crippen LogP contribution in [0.5, 0.6) is 0 Å². The minimum absolute atomic E-state index is 0.180. The summed E-state index contributed by atoms with van der Waals surface area (Å²) in [5, 5.41) is 3.27. The summed E-state index contributed by atoms with van der Waals surface area (Å²) in [7, 11) is 0. The third kappa shape index (κ3) is 4.74. The quantitative estimate of drug-likeness (QED) is 0.426. The Morgan fingerprint density at radius 3 is 2.25 bits per heavy atom. The molecule has 2 aromatic carbocycles. The van der Waals surface area contributed by atoms with Crippen molar-refractivity contribution in [1.82, 2.24) is 0 Å². The van der Waals surface area contributed by atoms with Crippen molar-refractivity contribution in [1.29, 1.82) is 0 Å². The van der Waals surface area contributed by atoms with Gasteiger partial charge in [0.25, 0.3) is 0 Å². The van der Waals surface area contributed by atoms with Crippen molar-refractivity contribution in [3.05, 3.63) is 70.8 Å². The summed E-state index contributed by atoms with van der Waals surface area (Å²) in [6, 6.07) is 8.97.